The standard InChI is InChI=1S/C11H13Cl2FN2.ClH/c12-10-7(1-2-9(14)11(10)13)5-16-4-3-8(15)6-16;/h1-2,8H,3-6,15H2;1H. The highest BCUT2D eigenvalue weighted by Gasteiger charge is 2.20. The number of rotatable bonds is 2. The van der Waals surface area contributed by atoms with Crippen LogP contribution in [0.2, 0.25) is 10.0 Å². The minimum atomic E-state index is -0.478. The zero-order valence-electron chi connectivity index (χ0n) is 9.13. The fraction of sp³-hybridized carbons (Fsp3) is 0.455. The highest BCUT2D eigenvalue weighted by Crippen LogP contribution is 2.29. The molecule has 0 radical (unpaired) electrons. The molecule has 1 heterocycles. The number of nitrogens with zero attached hydrogens (tertiary/aromatic N) is 1. The number of hydrogen-bond acceptors (Lipinski definition) is 2. The Morgan fingerprint density at radius 2 is 2.06 bits per heavy atom. The molecule has 1 aromatic carbocycles. The largest absolute Gasteiger partial charge is 0.326 e. The van der Waals surface area contributed by atoms with Crippen LogP contribution < -0.4 is 5.73 Å². The molecule has 2 rings (SSSR count). The molecule has 17 heavy (non-hydrogen) atoms. The molecule has 6 heteroatoms. The highest BCUT2D eigenvalue weighted by atomic mass is 35.5. The van der Waals surface area contributed by atoms with Gasteiger partial charge in [0.15, 0.2) is 0 Å². The number of hydrogen-bond donors (Lipinski definition) is 1. The predicted octanol–water partition coefficient (Wildman–Crippen LogP) is 3.09. The van der Waals surface area contributed by atoms with Gasteiger partial charge in [-0.15, -0.1) is 12.4 Å². The molecule has 0 spiro atoms. The quantitative estimate of drug-likeness (QED) is 0.850. The van der Waals surface area contributed by atoms with Crippen molar-refractivity contribution in [3.63, 3.8) is 0 Å². The molecule has 1 atom stereocenters. The second kappa shape index (κ2) is 6.21. The minimum absolute atomic E-state index is 0. The Balaban J connectivity index is 0.00000144. The SMILES string of the molecule is Cl.NC1CCN(Cc2ccc(F)c(Cl)c2Cl)C1. The molecule has 0 bridgehead atoms. The Kier molecular flexibility index (Phi) is 5.48. The van der Waals surface area contributed by atoms with Gasteiger partial charge >= 0.3 is 0 Å². The maximum Gasteiger partial charge on any atom is 0.143 e. The lowest BCUT2D eigenvalue weighted by molar-refractivity contribution is 0.327. The van der Waals surface area contributed by atoms with Crippen molar-refractivity contribution in [2.24, 2.45) is 5.73 Å². The molecule has 96 valence electrons. The molecule has 0 aliphatic carbocycles. The molecule has 1 saturated heterocycles. The monoisotopic (exact) mass is 298 g/mol. The predicted molar refractivity (Wildman–Crippen MR) is 71.5 cm³/mol. The first-order valence-corrected chi connectivity index (χ1v) is 5.94. The number of nitrogens with two attached hydrogens (primary N) is 1. The van der Waals surface area contributed by atoms with Gasteiger partial charge in [-0.1, -0.05) is 29.3 Å². The van der Waals surface area contributed by atoms with Gasteiger partial charge in [0.25, 0.3) is 0 Å². The highest BCUT2D eigenvalue weighted by molar-refractivity contribution is 6.42. The van der Waals surface area contributed by atoms with Crippen LogP contribution >= 0.6 is 35.6 Å². The fourth-order valence-corrected chi connectivity index (χ4v) is 2.33. The molecular weight excluding hydrogens is 285 g/mol. The van der Waals surface area contributed by atoms with Crippen molar-refractivity contribution in [1.82, 2.24) is 4.90 Å². The van der Waals surface area contributed by atoms with Gasteiger partial charge in [-0.05, 0) is 18.1 Å². The van der Waals surface area contributed by atoms with Gasteiger partial charge in [0.1, 0.15) is 5.82 Å². The zero-order chi connectivity index (χ0) is 11.7. The molecule has 1 aromatic rings. The summed E-state index contributed by atoms with van der Waals surface area (Å²) in [6.07, 6.45) is 0.993. The van der Waals surface area contributed by atoms with Crippen LogP contribution in [0.5, 0.6) is 0 Å². The van der Waals surface area contributed by atoms with Crippen LogP contribution in [0.3, 0.4) is 0 Å². The first-order chi connectivity index (χ1) is 7.58. The molecule has 1 unspecified atom stereocenters. The Hall–Kier alpha value is -0.0600. The molecular formula is C11H14Cl3FN2. The summed E-state index contributed by atoms with van der Waals surface area (Å²) in [5, 5.41) is 0.310. The van der Waals surface area contributed by atoms with Crippen LogP contribution in [0.1, 0.15) is 12.0 Å². The van der Waals surface area contributed by atoms with Crippen LogP contribution in [-0.4, -0.2) is 24.0 Å². The number of benzene rings is 1. The Bertz CT molecular complexity index is 401. The van der Waals surface area contributed by atoms with Crippen molar-refractivity contribution in [3.8, 4) is 0 Å². The second-order valence-corrected chi connectivity index (χ2v) is 4.87. The third-order valence-corrected chi connectivity index (χ3v) is 3.72. The summed E-state index contributed by atoms with van der Waals surface area (Å²) in [4.78, 5) is 2.19. The summed E-state index contributed by atoms with van der Waals surface area (Å²) >= 11 is 11.7. The van der Waals surface area contributed by atoms with Crippen LogP contribution in [0.25, 0.3) is 0 Å². The van der Waals surface area contributed by atoms with Gasteiger partial charge in [-0.25, -0.2) is 4.39 Å². The summed E-state index contributed by atoms with van der Waals surface area (Å²) in [6, 6.07) is 3.25. The lowest BCUT2D eigenvalue weighted by Gasteiger charge is -2.16. The van der Waals surface area contributed by atoms with Crippen molar-refractivity contribution < 1.29 is 4.39 Å². The molecule has 2 nitrogen and oxygen atoms in total. The topological polar surface area (TPSA) is 29.3 Å². The smallest absolute Gasteiger partial charge is 0.143 e. The lowest BCUT2D eigenvalue weighted by atomic mass is 10.2. The van der Waals surface area contributed by atoms with Crippen LogP contribution in [0, 0.1) is 5.82 Å². The van der Waals surface area contributed by atoms with Crippen molar-refractivity contribution >= 4 is 35.6 Å². The van der Waals surface area contributed by atoms with E-state index in [1.54, 1.807) is 6.07 Å². The fourth-order valence-electron chi connectivity index (χ4n) is 1.94. The molecule has 2 N–H and O–H groups in total. The summed E-state index contributed by atoms with van der Waals surface area (Å²) in [5.41, 5.74) is 6.66. The van der Waals surface area contributed by atoms with E-state index in [-0.39, 0.29) is 23.5 Å². The Morgan fingerprint density at radius 1 is 1.35 bits per heavy atom. The van der Waals surface area contributed by atoms with Gasteiger partial charge in [0, 0.05) is 25.7 Å². The maximum atomic E-state index is 13.1. The molecule has 1 fully saturated rings. The summed E-state index contributed by atoms with van der Waals surface area (Å²) in [5.74, 6) is -0.478. The van der Waals surface area contributed by atoms with E-state index in [4.69, 9.17) is 28.9 Å². The molecule has 1 aliphatic rings. The summed E-state index contributed by atoms with van der Waals surface area (Å²) in [6.45, 7) is 2.48. The van der Waals surface area contributed by atoms with Gasteiger partial charge in [-0.3, -0.25) is 4.90 Å². The number of halogens is 4. The second-order valence-electron chi connectivity index (χ2n) is 4.12. The van der Waals surface area contributed by atoms with Gasteiger partial charge in [0.2, 0.25) is 0 Å². The minimum Gasteiger partial charge on any atom is -0.326 e. The van der Waals surface area contributed by atoms with E-state index in [2.05, 4.69) is 4.90 Å². The third kappa shape index (κ3) is 3.46. The van der Waals surface area contributed by atoms with E-state index in [9.17, 15) is 4.39 Å². The number of likely N-dealkylation sites (tertiary alicyclic amines) is 1. The van der Waals surface area contributed by atoms with Crippen molar-refractivity contribution in [3.05, 3.63) is 33.6 Å². The molecule has 1 aliphatic heterocycles. The van der Waals surface area contributed by atoms with E-state index in [1.807, 2.05) is 0 Å². The zero-order valence-corrected chi connectivity index (χ0v) is 11.5. The summed E-state index contributed by atoms with van der Waals surface area (Å²) < 4.78 is 13.1. The summed E-state index contributed by atoms with van der Waals surface area (Å²) in [7, 11) is 0. The average Bonchev–Trinajstić information content (AvgIpc) is 2.65. The van der Waals surface area contributed by atoms with Gasteiger partial charge < -0.3 is 5.73 Å². The van der Waals surface area contributed by atoms with E-state index in [1.165, 1.54) is 6.07 Å². The first-order valence-electron chi connectivity index (χ1n) is 5.18. The van der Waals surface area contributed by atoms with E-state index in [0.29, 0.717) is 11.6 Å². The van der Waals surface area contributed by atoms with E-state index < -0.39 is 5.82 Å². The Labute approximate surface area is 116 Å². The van der Waals surface area contributed by atoms with E-state index in [0.717, 1.165) is 25.1 Å². The van der Waals surface area contributed by atoms with Crippen molar-refractivity contribution in [2.45, 2.75) is 19.0 Å². The first kappa shape index (κ1) is 15.0. The normalized spacial score (nSPS) is 20.4. The van der Waals surface area contributed by atoms with E-state index >= 15 is 0 Å². The van der Waals surface area contributed by atoms with Crippen molar-refractivity contribution in [1.29, 1.82) is 0 Å². The Morgan fingerprint density at radius 3 is 2.65 bits per heavy atom. The van der Waals surface area contributed by atoms with Crippen molar-refractivity contribution in [2.75, 3.05) is 13.1 Å². The average molecular weight is 300 g/mol. The van der Waals surface area contributed by atoms with Gasteiger partial charge in [-0.2, -0.15) is 0 Å². The van der Waals surface area contributed by atoms with Crippen LogP contribution in [0.4, 0.5) is 4.39 Å². The third-order valence-electron chi connectivity index (χ3n) is 2.82. The molecule has 0 amide bonds. The molecule has 0 saturated carbocycles. The lowest BCUT2D eigenvalue weighted by Crippen LogP contribution is -2.26. The maximum absolute atomic E-state index is 13.1. The van der Waals surface area contributed by atoms with Crippen LogP contribution in [-0.2, 0) is 6.54 Å². The van der Waals surface area contributed by atoms with Crippen LogP contribution in [0.15, 0.2) is 12.1 Å². The molecule has 0 aromatic heterocycles. The van der Waals surface area contributed by atoms with Gasteiger partial charge in [0.05, 0.1) is 10.0 Å².